The maximum Gasteiger partial charge on any atom is 0.263 e. The minimum Gasteiger partial charge on any atom is -0.493 e. The van der Waals surface area contributed by atoms with Gasteiger partial charge >= 0.3 is 0 Å². The van der Waals surface area contributed by atoms with Gasteiger partial charge < -0.3 is 25.0 Å². The summed E-state index contributed by atoms with van der Waals surface area (Å²) >= 11 is 1.46. The van der Waals surface area contributed by atoms with Crippen LogP contribution in [0.4, 0.5) is 11.4 Å². The molecule has 0 spiro atoms. The van der Waals surface area contributed by atoms with Gasteiger partial charge in [-0.3, -0.25) is 29.1 Å². The third-order valence-corrected chi connectivity index (χ3v) is 9.99. The molecule has 3 aromatic rings. The number of carbonyl (C=O) groups is 4. The topological polar surface area (TPSA) is 130 Å². The van der Waals surface area contributed by atoms with Crippen LogP contribution in [0.2, 0.25) is 0 Å². The number of rotatable bonds is 14. The van der Waals surface area contributed by atoms with Gasteiger partial charge in [0.25, 0.3) is 11.8 Å². The van der Waals surface area contributed by atoms with E-state index in [0.29, 0.717) is 51.0 Å². The number of likely N-dealkylation sites (tertiary alicyclic amines) is 2. The molecule has 1 atom stereocenters. The van der Waals surface area contributed by atoms with Crippen molar-refractivity contribution in [2.75, 3.05) is 45.7 Å². The predicted molar refractivity (Wildman–Crippen MR) is 198 cm³/mol. The highest BCUT2D eigenvalue weighted by atomic mass is 32.1. The molecule has 2 saturated heterocycles. The van der Waals surface area contributed by atoms with Crippen LogP contribution in [0.15, 0.2) is 65.3 Å². The first-order chi connectivity index (χ1) is 24.1. The molecule has 2 N–H and O–H groups in total. The number of carbonyl (C=O) groups excluding carboxylic acids is 4. The molecule has 2 fully saturated rings. The molecule has 2 aliphatic heterocycles. The van der Waals surface area contributed by atoms with Gasteiger partial charge in [-0.05, 0) is 101 Å². The van der Waals surface area contributed by atoms with Gasteiger partial charge in [-0.2, -0.15) is 0 Å². The van der Waals surface area contributed by atoms with E-state index >= 15 is 0 Å². The number of nitrogens with one attached hydrogen (secondary N) is 2. The summed E-state index contributed by atoms with van der Waals surface area (Å²) in [6.45, 7) is 8.36. The molecule has 0 aliphatic carbocycles. The number of anilines is 1. The Balaban J connectivity index is 1.09. The van der Waals surface area contributed by atoms with E-state index in [9.17, 15) is 19.2 Å². The summed E-state index contributed by atoms with van der Waals surface area (Å²) in [5.74, 6) is 0.306. The minimum atomic E-state index is -0.332. The van der Waals surface area contributed by atoms with Gasteiger partial charge in [0.1, 0.15) is 0 Å². The Kier molecular flexibility index (Phi) is 12.6. The molecule has 3 heterocycles. The van der Waals surface area contributed by atoms with E-state index in [4.69, 9.17) is 9.47 Å². The van der Waals surface area contributed by atoms with Crippen LogP contribution in [0.3, 0.4) is 0 Å². The predicted octanol–water partition coefficient (Wildman–Crippen LogP) is 6.52. The Morgan fingerprint density at radius 1 is 1.06 bits per heavy atom. The summed E-state index contributed by atoms with van der Waals surface area (Å²) in [5.41, 5.74) is 2.17. The molecule has 5 rings (SSSR count). The van der Waals surface area contributed by atoms with Gasteiger partial charge in [0.2, 0.25) is 5.91 Å². The Labute approximate surface area is 297 Å². The molecule has 1 unspecified atom stereocenters. The molecular weight excluding hydrogens is 655 g/mol. The number of hydrogen-bond donors (Lipinski definition) is 2. The summed E-state index contributed by atoms with van der Waals surface area (Å²) in [4.78, 5) is 59.6. The fourth-order valence-corrected chi connectivity index (χ4v) is 7.07. The molecule has 11 nitrogen and oxygen atoms in total. The number of hydrogen-bond acceptors (Lipinski definition) is 9. The Morgan fingerprint density at radius 3 is 2.58 bits per heavy atom. The number of fused-ring (bicyclic) bond motifs is 1. The standard InChI is InChI=1S/C38H45N5O6S/c1-25(37(46)41-29-12-13-34-27(19-29)21-35(50-34)38(47)43-15-6-5-7-16-43)18-26(2)40-36(45)11-9-17-49-33-22-31(28(24-44)20-32(33)48-4)39-23-30-10-8-14-42(30)3/h12-13,18-24,30H,2,5-11,14-17H2,1,3-4H3,(H,40,45)(H,41,46)/b25-18+,39-23?. The summed E-state index contributed by atoms with van der Waals surface area (Å²) in [6.07, 6.45) is 10.1. The molecule has 12 heteroatoms. The van der Waals surface area contributed by atoms with Gasteiger partial charge in [-0.1, -0.05) is 6.58 Å². The quantitative estimate of drug-likeness (QED) is 0.0645. The average molecular weight is 700 g/mol. The number of aldehydes is 1. The van der Waals surface area contributed by atoms with Crippen molar-refractivity contribution in [2.24, 2.45) is 4.99 Å². The summed E-state index contributed by atoms with van der Waals surface area (Å²) in [6, 6.07) is 11.0. The zero-order valence-electron chi connectivity index (χ0n) is 29.0. The van der Waals surface area contributed by atoms with Gasteiger partial charge in [-0.15, -0.1) is 11.3 Å². The van der Waals surface area contributed by atoms with Crippen molar-refractivity contribution < 1.29 is 28.7 Å². The van der Waals surface area contributed by atoms with E-state index in [1.54, 1.807) is 19.1 Å². The van der Waals surface area contributed by atoms with E-state index in [1.807, 2.05) is 35.4 Å². The average Bonchev–Trinajstić information content (AvgIpc) is 3.74. The third-order valence-electron chi connectivity index (χ3n) is 8.89. The second-order valence-electron chi connectivity index (χ2n) is 12.7. The molecule has 2 aliphatic rings. The number of benzene rings is 2. The smallest absolute Gasteiger partial charge is 0.263 e. The van der Waals surface area contributed by atoms with Crippen molar-refractivity contribution in [3.8, 4) is 11.5 Å². The normalized spacial score (nSPS) is 16.8. The number of allylic oxidation sites excluding steroid dienone is 1. The first-order valence-electron chi connectivity index (χ1n) is 17.0. The van der Waals surface area contributed by atoms with Crippen LogP contribution < -0.4 is 20.1 Å². The number of aliphatic imine (C=N–C) groups is 1. The summed E-state index contributed by atoms with van der Waals surface area (Å²) in [7, 11) is 3.55. The van der Waals surface area contributed by atoms with Gasteiger partial charge in [0, 0.05) is 65.1 Å². The summed E-state index contributed by atoms with van der Waals surface area (Å²) < 4.78 is 12.3. The van der Waals surface area contributed by atoms with Gasteiger partial charge in [-0.25, -0.2) is 0 Å². The van der Waals surface area contributed by atoms with Gasteiger partial charge in [0.05, 0.1) is 24.3 Å². The van der Waals surface area contributed by atoms with Crippen LogP contribution in [-0.4, -0.2) is 86.5 Å². The molecule has 2 aromatic carbocycles. The number of piperidine rings is 1. The van der Waals surface area contributed by atoms with Crippen LogP contribution in [0, 0.1) is 0 Å². The highest BCUT2D eigenvalue weighted by Crippen LogP contribution is 2.35. The van der Waals surface area contributed by atoms with Crippen LogP contribution in [0.5, 0.6) is 11.5 Å². The van der Waals surface area contributed by atoms with Crippen molar-refractivity contribution in [1.29, 1.82) is 0 Å². The lowest BCUT2D eigenvalue weighted by Crippen LogP contribution is -2.35. The SMILES string of the molecule is C=C(/C=C(\C)C(=O)Nc1ccc2sc(C(=O)N3CCCCC3)cc2c1)NC(=O)CCCOc1cc(N=CC2CCCN2C)c(C=O)cc1OC. The number of amides is 3. The largest absolute Gasteiger partial charge is 0.493 e. The molecule has 264 valence electrons. The molecule has 3 amide bonds. The van der Waals surface area contributed by atoms with E-state index in [-0.39, 0.29) is 36.8 Å². The van der Waals surface area contributed by atoms with Crippen molar-refractivity contribution in [3.63, 3.8) is 0 Å². The highest BCUT2D eigenvalue weighted by molar-refractivity contribution is 7.20. The minimum absolute atomic E-state index is 0.0659. The first-order valence-corrected chi connectivity index (χ1v) is 17.8. The van der Waals surface area contributed by atoms with Gasteiger partial charge in [0.15, 0.2) is 17.8 Å². The van der Waals surface area contributed by atoms with Crippen LogP contribution in [-0.2, 0) is 9.59 Å². The Bertz CT molecular complexity index is 1810. The van der Waals surface area contributed by atoms with Crippen molar-refractivity contribution in [2.45, 2.75) is 57.9 Å². The van der Waals surface area contributed by atoms with E-state index < -0.39 is 0 Å². The molecule has 0 bridgehead atoms. The molecular formula is C38H45N5O6S. The highest BCUT2D eigenvalue weighted by Gasteiger charge is 2.21. The maximum absolute atomic E-state index is 12.9. The zero-order chi connectivity index (χ0) is 35.6. The number of methoxy groups -OCH3 is 1. The van der Waals surface area contributed by atoms with Crippen molar-refractivity contribution in [1.82, 2.24) is 15.1 Å². The lowest BCUT2D eigenvalue weighted by molar-refractivity contribution is -0.120. The van der Waals surface area contributed by atoms with Crippen molar-refractivity contribution >= 4 is 63.0 Å². The number of ether oxygens (including phenoxy) is 2. The number of nitrogens with zero attached hydrogens (tertiary/aromatic N) is 3. The molecule has 0 radical (unpaired) electrons. The van der Waals surface area contributed by atoms with Crippen LogP contribution in [0.25, 0.3) is 10.1 Å². The van der Waals surface area contributed by atoms with Crippen LogP contribution in [0.1, 0.15) is 71.9 Å². The van der Waals surface area contributed by atoms with E-state index in [0.717, 1.165) is 68.1 Å². The third kappa shape index (κ3) is 9.45. The lowest BCUT2D eigenvalue weighted by atomic mass is 10.1. The fraction of sp³-hybridized carbons (Fsp3) is 0.395. The zero-order valence-corrected chi connectivity index (χ0v) is 29.8. The molecule has 50 heavy (non-hydrogen) atoms. The maximum atomic E-state index is 12.9. The van der Waals surface area contributed by atoms with E-state index in [2.05, 4.69) is 34.2 Å². The monoisotopic (exact) mass is 699 g/mol. The first kappa shape index (κ1) is 36.5. The van der Waals surface area contributed by atoms with E-state index in [1.165, 1.54) is 24.5 Å². The Hall–Kier alpha value is -4.81. The van der Waals surface area contributed by atoms with Crippen LogP contribution >= 0.6 is 11.3 Å². The number of thiophene rings is 1. The Morgan fingerprint density at radius 2 is 1.86 bits per heavy atom. The fourth-order valence-electron chi connectivity index (χ4n) is 6.06. The lowest BCUT2D eigenvalue weighted by Gasteiger charge is -2.26. The van der Waals surface area contributed by atoms with Crippen molar-refractivity contribution in [3.05, 3.63) is 70.8 Å². The second-order valence-corrected chi connectivity index (χ2v) is 13.8. The second kappa shape index (κ2) is 17.2. The molecule has 1 aromatic heterocycles. The summed E-state index contributed by atoms with van der Waals surface area (Å²) in [5, 5.41) is 6.50. The molecule has 0 saturated carbocycles.